The second-order valence-corrected chi connectivity index (χ2v) is 5.70. The summed E-state index contributed by atoms with van der Waals surface area (Å²) in [6.07, 6.45) is 1.66. The van der Waals surface area contributed by atoms with Gasteiger partial charge in [0.05, 0.1) is 5.02 Å². The Labute approximate surface area is 118 Å². The number of nitrogens with one attached hydrogen (secondary N) is 1. The molecule has 0 radical (unpaired) electrons. The van der Waals surface area contributed by atoms with Gasteiger partial charge in [0.2, 0.25) is 0 Å². The first-order chi connectivity index (χ1) is 8.91. The maximum atomic E-state index is 7.53. The SMILES string of the molecule is CC1CN(c2nccc(C(=N)N)c2Cl)CC1N(C)C. The molecule has 1 aliphatic heterocycles. The summed E-state index contributed by atoms with van der Waals surface area (Å²) in [6.45, 7) is 4.03. The Morgan fingerprint density at radius 3 is 2.74 bits per heavy atom. The van der Waals surface area contributed by atoms with Gasteiger partial charge in [0, 0.05) is 30.9 Å². The summed E-state index contributed by atoms with van der Waals surface area (Å²) >= 11 is 6.32. The van der Waals surface area contributed by atoms with Crippen molar-refractivity contribution in [3.8, 4) is 0 Å². The van der Waals surface area contributed by atoms with E-state index in [0.717, 1.165) is 18.9 Å². The van der Waals surface area contributed by atoms with E-state index in [1.54, 1.807) is 12.3 Å². The Balaban J connectivity index is 2.29. The first-order valence-corrected chi connectivity index (χ1v) is 6.70. The van der Waals surface area contributed by atoms with Gasteiger partial charge in [0.25, 0.3) is 0 Å². The summed E-state index contributed by atoms with van der Waals surface area (Å²) in [5.41, 5.74) is 6.08. The third-order valence-corrected chi connectivity index (χ3v) is 4.07. The number of pyridine rings is 1. The molecule has 2 rings (SSSR count). The molecule has 1 aromatic heterocycles. The molecule has 2 atom stereocenters. The van der Waals surface area contributed by atoms with Gasteiger partial charge in [-0.15, -0.1) is 0 Å². The normalized spacial score (nSPS) is 23.1. The molecule has 19 heavy (non-hydrogen) atoms. The molecule has 104 valence electrons. The third kappa shape index (κ3) is 2.67. The Morgan fingerprint density at radius 2 is 2.21 bits per heavy atom. The minimum absolute atomic E-state index is 0.0231. The van der Waals surface area contributed by atoms with Crippen molar-refractivity contribution in [1.82, 2.24) is 9.88 Å². The van der Waals surface area contributed by atoms with Gasteiger partial charge in [0.15, 0.2) is 0 Å². The number of hydrogen-bond acceptors (Lipinski definition) is 4. The zero-order valence-corrected chi connectivity index (χ0v) is 12.3. The number of nitrogen functional groups attached to an aromatic ring is 1. The van der Waals surface area contributed by atoms with Gasteiger partial charge in [-0.3, -0.25) is 5.41 Å². The lowest BCUT2D eigenvalue weighted by atomic mass is 10.1. The molecule has 0 amide bonds. The van der Waals surface area contributed by atoms with E-state index in [1.807, 2.05) is 0 Å². The highest BCUT2D eigenvalue weighted by molar-refractivity contribution is 6.36. The maximum Gasteiger partial charge on any atom is 0.148 e. The summed E-state index contributed by atoms with van der Waals surface area (Å²) in [6, 6.07) is 2.16. The molecule has 3 N–H and O–H groups in total. The van der Waals surface area contributed by atoms with E-state index in [4.69, 9.17) is 22.7 Å². The Kier molecular flexibility index (Phi) is 3.96. The number of nitrogens with zero attached hydrogens (tertiary/aromatic N) is 3. The third-order valence-electron chi connectivity index (χ3n) is 3.70. The fourth-order valence-corrected chi connectivity index (χ4v) is 2.99. The summed E-state index contributed by atoms with van der Waals surface area (Å²) in [5, 5.41) is 8.00. The van der Waals surface area contributed by atoms with E-state index in [0.29, 0.717) is 22.5 Å². The van der Waals surface area contributed by atoms with Gasteiger partial charge in [-0.05, 0) is 26.1 Å². The van der Waals surface area contributed by atoms with Crippen LogP contribution in [-0.2, 0) is 0 Å². The molecule has 0 aliphatic carbocycles. The van der Waals surface area contributed by atoms with E-state index in [1.165, 1.54) is 0 Å². The quantitative estimate of drug-likeness (QED) is 0.649. The van der Waals surface area contributed by atoms with Crippen LogP contribution in [0.4, 0.5) is 5.82 Å². The number of hydrogen-bond donors (Lipinski definition) is 2. The maximum absolute atomic E-state index is 7.53. The van der Waals surface area contributed by atoms with E-state index in [2.05, 4.69) is 35.8 Å². The number of anilines is 1. The van der Waals surface area contributed by atoms with E-state index in [9.17, 15) is 0 Å². The summed E-state index contributed by atoms with van der Waals surface area (Å²) < 4.78 is 0. The van der Waals surface area contributed by atoms with Gasteiger partial charge < -0.3 is 15.5 Å². The number of amidine groups is 1. The highest BCUT2D eigenvalue weighted by Crippen LogP contribution is 2.31. The van der Waals surface area contributed by atoms with Gasteiger partial charge in [-0.2, -0.15) is 0 Å². The number of halogens is 1. The van der Waals surface area contributed by atoms with Crippen LogP contribution in [0.3, 0.4) is 0 Å². The van der Waals surface area contributed by atoms with Crippen molar-refractivity contribution in [2.75, 3.05) is 32.1 Å². The van der Waals surface area contributed by atoms with Crippen LogP contribution < -0.4 is 10.6 Å². The lowest BCUT2D eigenvalue weighted by molar-refractivity contribution is 0.266. The lowest BCUT2D eigenvalue weighted by Gasteiger charge is -2.23. The molecule has 1 aromatic rings. The molecule has 5 nitrogen and oxygen atoms in total. The lowest BCUT2D eigenvalue weighted by Crippen LogP contribution is -2.34. The largest absolute Gasteiger partial charge is 0.384 e. The molecular weight excluding hydrogens is 262 g/mol. The molecule has 0 bridgehead atoms. The minimum Gasteiger partial charge on any atom is -0.384 e. The second-order valence-electron chi connectivity index (χ2n) is 5.32. The van der Waals surface area contributed by atoms with Crippen LogP contribution in [0.5, 0.6) is 0 Å². The molecule has 6 heteroatoms. The van der Waals surface area contributed by atoms with Crippen molar-refractivity contribution in [3.63, 3.8) is 0 Å². The van der Waals surface area contributed by atoms with Crippen LogP contribution in [0.25, 0.3) is 0 Å². The summed E-state index contributed by atoms with van der Waals surface area (Å²) in [5.74, 6) is 1.25. The van der Waals surface area contributed by atoms with Crippen LogP contribution in [0.1, 0.15) is 12.5 Å². The molecule has 0 spiro atoms. The highest BCUT2D eigenvalue weighted by Gasteiger charge is 2.32. The molecule has 1 fully saturated rings. The van der Waals surface area contributed by atoms with Crippen LogP contribution >= 0.6 is 11.6 Å². The smallest absolute Gasteiger partial charge is 0.148 e. The van der Waals surface area contributed by atoms with Crippen LogP contribution in [0.15, 0.2) is 12.3 Å². The molecule has 2 heterocycles. The van der Waals surface area contributed by atoms with Crippen molar-refractivity contribution < 1.29 is 0 Å². The Morgan fingerprint density at radius 1 is 1.53 bits per heavy atom. The monoisotopic (exact) mass is 281 g/mol. The van der Waals surface area contributed by atoms with Crippen LogP contribution in [-0.4, -0.2) is 48.9 Å². The van der Waals surface area contributed by atoms with Gasteiger partial charge in [-0.25, -0.2) is 4.98 Å². The molecule has 0 saturated carbocycles. The average molecular weight is 282 g/mol. The zero-order chi connectivity index (χ0) is 14.2. The zero-order valence-electron chi connectivity index (χ0n) is 11.5. The van der Waals surface area contributed by atoms with E-state index in [-0.39, 0.29) is 5.84 Å². The fourth-order valence-electron chi connectivity index (χ4n) is 2.66. The van der Waals surface area contributed by atoms with Gasteiger partial charge in [0.1, 0.15) is 11.7 Å². The van der Waals surface area contributed by atoms with Gasteiger partial charge >= 0.3 is 0 Å². The molecule has 2 unspecified atom stereocenters. The van der Waals surface area contributed by atoms with Crippen LogP contribution in [0, 0.1) is 11.3 Å². The van der Waals surface area contributed by atoms with E-state index < -0.39 is 0 Å². The first-order valence-electron chi connectivity index (χ1n) is 6.32. The van der Waals surface area contributed by atoms with E-state index >= 15 is 0 Å². The Bertz CT molecular complexity index is 488. The number of nitrogens with two attached hydrogens (primary N) is 1. The number of rotatable bonds is 3. The molecule has 1 aliphatic rings. The van der Waals surface area contributed by atoms with Crippen molar-refractivity contribution in [3.05, 3.63) is 22.8 Å². The van der Waals surface area contributed by atoms with Crippen molar-refractivity contribution in [1.29, 1.82) is 5.41 Å². The molecule has 0 aromatic carbocycles. The Hall–Kier alpha value is -1.33. The molecule has 1 saturated heterocycles. The predicted octanol–water partition coefficient (Wildman–Crippen LogP) is 1.41. The summed E-state index contributed by atoms with van der Waals surface area (Å²) in [7, 11) is 4.18. The number of aromatic nitrogens is 1. The fraction of sp³-hybridized carbons (Fsp3) is 0.538. The summed E-state index contributed by atoms with van der Waals surface area (Å²) in [4.78, 5) is 8.76. The van der Waals surface area contributed by atoms with Crippen molar-refractivity contribution >= 4 is 23.3 Å². The van der Waals surface area contributed by atoms with Crippen molar-refractivity contribution in [2.45, 2.75) is 13.0 Å². The standard InChI is InChI=1S/C13H20ClN5/c1-8-6-19(7-10(8)18(2)3)13-11(14)9(12(15)16)4-5-17-13/h4-5,8,10H,6-7H2,1-3H3,(H3,15,16). The van der Waals surface area contributed by atoms with Crippen LogP contribution in [0.2, 0.25) is 5.02 Å². The van der Waals surface area contributed by atoms with Crippen molar-refractivity contribution in [2.24, 2.45) is 11.7 Å². The second kappa shape index (κ2) is 5.35. The van der Waals surface area contributed by atoms with Gasteiger partial charge in [-0.1, -0.05) is 18.5 Å². The average Bonchev–Trinajstić information content (AvgIpc) is 2.71. The minimum atomic E-state index is -0.0231. The molecular formula is C13H20ClN5. The topological polar surface area (TPSA) is 69.2 Å². The first kappa shape index (κ1) is 14.1. The predicted molar refractivity (Wildman–Crippen MR) is 79.1 cm³/mol. The number of likely N-dealkylation sites (N-methyl/N-ethyl adjacent to an activating group) is 1. The highest BCUT2D eigenvalue weighted by atomic mass is 35.5.